The Hall–Kier alpha value is -1.62. The number of allylic oxidation sites excluding steroid dienone is 4. The van der Waals surface area contributed by atoms with E-state index in [2.05, 4.69) is 38.2 Å². The number of ether oxygens (including phenoxy) is 2. The first-order valence-corrected chi connectivity index (χ1v) is 20.0. The summed E-state index contributed by atoms with van der Waals surface area (Å²) in [5.74, 6) is -0.378. The second kappa shape index (κ2) is 37.8. The van der Waals surface area contributed by atoms with Crippen LogP contribution < -0.4 is 5.73 Å². The highest BCUT2D eigenvalue weighted by Crippen LogP contribution is 2.13. The van der Waals surface area contributed by atoms with Gasteiger partial charge in [0.25, 0.3) is 0 Å². The van der Waals surface area contributed by atoms with Gasteiger partial charge in [-0.1, -0.05) is 141 Å². The molecular weight excluding hydrogens is 570 g/mol. The summed E-state index contributed by atoms with van der Waals surface area (Å²) < 4.78 is 11.1. The predicted molar refractivity (Wildman–Crippen MR) is 198 cm³/mol. The summed E-state index contributed by atoms with van der Waals surface area (Å²) in [6, 6.07) is 0. The SMILES string of the molecule is CCCCCCCC/C=C\CCCCCCCC(=O)OC[C@@H](CCCN)OC(=O)CCCCCCC/C=C\CCCCCCCC. The molecule has 5 nitrogen and oxygen atoms in total. The summed E-state index contributed by atoms with van der Waals surface area (Å²) >= 11 is 0. The van der Waals surface area contributed by atoms with E-state index in [-0.39, 0.29) is 18.5 Å². The number of esters is 2. The number of carbonyl (C=O) groups is 2. The molecule has 0 radical (unpaired) electrons. The topological polar surface area (TPSA) is 78.6 Å². The Bertz CT molecular complexity index is 705. The molecule has 0 aromatic heterocycles. The predicted octanol–water partition coefficient (Wildman–Crippen LogP) is 12.3. The first kappa shape index (κ1) is 44.4. The van der Waals surface area contributed by atoms with E-state index in [1.165, 1.54) is 116 Å². The monoisotopic (exact) mass is 648 g/mol. The van der Waals surface area contributed by atoms with E-state index in [0.29, 0.717) is 25.8 Å². The molecule has 0 rings (SSSR count). The summed E-state index contributed by atoms with van der Waals surface area (Å²) in [6.07, 6.45) is 43.3. The summed E-state index contributed by atoms with van der Waals surface area (Å²) in [6.45, 7) is 5.20. The van der Waals surface area contributed by atoms with Gasteiger partial charge < -0.3 is 15.2 Å². The van der Waals surface area contributed by atoms with Crippen molar-refractivity contribution in [3.05, 3.63) is 24.3 Å². The highest BCUT2D eigenvalue weighted by atomic mass is 16.6. The van der Waals surface area contributed by atoms with E-state index in [9.17, 15) is 9.59 Å². The number of hydrogen-bond acceptors (Lipinski definition) is 5. The van der Waals surface area contributed by atoms with E-state index < -0.39 is 6.10 Å². The average Bonchev–Trinajstić information content (AvgIpc) is 3.05. The molecule has 0 aromatic carbocycles. The lowest BCUT2D eigenvalue weighted by atomic mass is 10.1. The maximum atomic E-state index is 12.4. The summed E-state index contributed by atoms with van der Waals surface area (Å²) in [5.41, 5.74) is 5.68. The highest BCUT2D eigenvalue weighted by molar-refractivity contribution is 5.70. The van der Waals surface area contributed by atoms with Gasteiger partial charge in [0.2, 0.25) is 0 Å². The first-order valence-electron chi connectivity index (χ1n) is 20.0. The Morgan fingerprint density at radius 1 is 0.500 bits per heavy atom. The first-order chi connectivity index (χ1) is 22.6. The Labute approximate surface area is 286 Å². The summed E-state index contributed by atoms with van der Waals surface area (Å²) in [4.78, 5) is 24.7. The molecule has 0 saturated heterocycles. The molecule has 0 heterocycles. The van der Waals surface area contributed by atoms with Crippen molar-refractivity contribution in [3.63, 3.8) is 0 Å². The molecule has 0 aromatic rings. The average molecular weight is 648 g/mol. The zero-order chi connectivity index (χ0) is 33.6. The van der Waals surface area contributed by atoms with Crippen LogP contribution in [0.4, 0.5) is 0 Å². The molecule has 0 amide bonds. The van der Waals surface area contributed by atoms with Crippen LogP contribution in [-0.4, -0.2) is 31.2 Å². The molecule has 0 aliphatic rings. The minimum Gasteiger partial charge on any atom is -0.462 e. The van der Waals surface area contributed by atoms with Gasteiger partial charge in [0.15, 0.2) is 0 Å². The third kappa shape index (κ3) is 35.2. The molecule has 0 bridgehead atoms. The molecule has 0 spiro atoms. The van der Waals surface area contributed by atoms with Crippen molar-refractivity contribution < 1.29 is 19.1 Å². The fraction of sp³-hybridized carbons (Fsp3) is 0.854. The number of nitrogens with two attached hydrogens (primary N) is 1. The lowest BCUT2D eigenvalue weighted by Gasteiger charge is -2.18. The van der Waals surface area contributed by atoms with Gasteiger partial charge in [-0.05, 0) is 83.6 Å². The summed E-state index contributed by atoms with van der Waals surface area (Å²) in [7, 11) is 0. The van der Waals surface area contributed by atoms with Gasteiger partial charge in [0, 0.05) is 12.8 Å². The van der Waals surface area contributed by atoms with Gasteiger partial charge in [-0.3, -0.25) is 9.59 Å². The minimum atomic E-state index is -0.391. The van der Waals surface area contributed by atoms with Crippen LogP contribution in [0, 0.1) is 0 Å². The van der Waals surface area contributed by atoms with Crippen molar-refractivity contribution >= 4 is 11.9 Å². The maximum absolute atomic E-state index is 12.4. The van der Waals surface area contributed by atoms with Gasteiger partial charge in [0.1, 0.15) is 12.7 Å². The molecule has 0 saturated carbocycles. The summed E-state index contributed by atoms with van der Waals surface area (Å²) in [5, 5.41) is 0. The third-order valence-electron chi connectivity index (χ3n) is 8.74. The van der Waals surface area contributed by atoms with Gasteiger partial charge in [-0.25, -0.2) is 0 Å². The van der Waals surface area contributed by atoms with Crippen molar-refractivity contribution in [1.29, 1.82) is 0 Å². The zero-order valence-electron chi connectivity index (χ0n) is 30.7. The molecule has 1 atom stereocenters. The van der Waals surface area contributed by atoms with Gasteiger partial charge >= 0.3 is 11.9 Å². The van der Waals surface area contributed by atoms with Crippen LogP contribution in [0.15, 0.2) is 24.3 Å². The molecule has 46 heavy (non-hydrogen) atoms. The molecule has 0 aliphatic carbocycles. The normalized spacial score (nSPS) is 12.3. The highest BCUT2D eigenvalue weighted by Gasteiger charge is 2.16. The molecule has 270 valence electrons. The largest absolute Gasteiger partial charge is 0.462 e. The van der Waals surface area contributed by atoms with Crippen molar-refractivity contribution in [2.75, 3.05) is 13.2 Å². The number of carbonyl (C=O) groups excluding carboxylic acids is 2. The zero-order valence-corrected chi connectivity index (χ0v) is 30.7. The quantitative estimate of drug-likeness (QED) is 0.0416. The van der Waals surface area contributed by atoms with Crippen molar-refractivity contribution in [1.82, 2.24) is 0 Å². The minimum absolute atomic E-state index is 0.141. The van der Waals surface area contributed by atoms with Crippen LogP contribution in [0.1, 0.15) is 206 Å². The molecular formula is C41H77NO4. The molecule has 0 fully saturated rings. The van der Waals surface area contributed by atoms with E-state index in [0.717, 1.165) is 57.8 Å². The smallest absolute Gasteiger partial charge is 0.306 e. The van der Waals surface area contributed by atoms with E-state index >= 15 is 0 Å². The standard InChI is InChI=1S/C41H77NO4/c1-3-5-7-9-11-13-15-17-19-21-23-25-27-29-31-35-40(43)45-38-39(34-33-37-42)46-41(44)36-32-30-28-26-24-22-20-18-16-14-12-10-8-6-4-2/h17-20,39H,3-16,21-38,42H2,1-2H3/b19-17-,20-18-/t39-/m1/s1. The van der Waals surface area contributed by atoms with Crippen LogP contribution in [0.3, 0.4) is 0 Å². The lowest BCUT2D eigenvalue weighted by Crippen LogP contribution is -2.26. The van der Waals surface area contributed by atoms with Gasteiger partial charge in [-0.15, -0.1) is 0 Å². The van der Waals surface area contributed by atoms with Gasteiger partial charge in [0.05, 0.1) is 0 Å². The van der Waals surface area contributed by atoms with E-state index in [1.807, 2.05) is 0 Å². The van der Waals surface area contributed by atoms with Crippen molar-refractivity contribution in [3.8, 4) is 0 Å². The number of unbranched alkanes of at least 4 members (excludes halogenated alkanes) is 22. The molecule has 0 aliphatic heterocycles. The van der Waals surface area contributed by atoms with Crippen molar-refractivity contribution in [2.24, 2.45) is 5.73 Å². The van der Waals surface area contributed by atoms with Crippen LogP contribution in [0.5, 0.6) is 0 Å². The second-order valence-electron chi connectivity index (χ2n) is 13.4. The fourth-order valence-electron chi connectivity index (χ4n) is 5.70. The van der Waals surface area contributed by atoms with Crippen LogP contribution >= 0.6 is 0 Å². The number of hydrogen-bond donors (Lipinski definition) is 1. The third-order valence-corrected chi connectivity index (χ3v) is 8.74. The fourth-order valence-corrected chi connectivity index (χ4v) is 5.70. The van der Waals surface area contributed by atoms with Crippen LogP contribution in [-0.2, 0) is 19.1 Å². The van der Waals surface area contributed by atoms with Gasteiger partial charge in [-0.2, -0.15) is 0 Å². The van der Waals surface area contributed by atoms with E-state index in [4.69, 9.17) is 15.2 Å². The lowest BCUT2D eigenvalue weighted by molar-refractivity contribution is -0.159. The molecule has 0 unspecified atom stereocenters. The molecule has 5 heteroatoms. The van der Waals surface area contributed by atoms with Crippen molar-refractivity contribution in [2.45, 2.75) is 213 Å². The van der Waals surface area contributed by atoms with E-state index in [1.54, 1.807) is 0 Å². The Balaban J connectivity index is 3.77. The van der Waals surface area contributed by atoms with Crippen LogP contribution in [0.25, 0.3) is 0 Å². The Kier molecular flexibility index (Phi) is 36.5. The second-order valence-corrected chi connectivity index (χ2v) is 13.4. The number of rotatable bonds is 36. The maximum Gasteiger partial charge on any atom is 0.306 e. The Morgan fingerprint density at radius 3 is 1.28 bits per heavy atom. The Morgan fingerprint density at radius 2 is 0.870 bits per heavy atom. The van der Waals surface area contributed by atoms with Crippen LogP contribution in [0.2, 0.25) is 0 Å². The molecule has 2 N–H and O–H groups in total.